The Labute approximate surface area is 282 Å². The predicted octanol–water partition coefficient (Wildman–Crippen LogP) is 7.12. The second-order valence-electron chi connectivity index (χ2n) is 11.3. The van der Waals surface area contributed by atoms with Gasteiger partial charge in [-0.15, -0.1) is 0 Å². The average Bonchev–Trinajstić information content (AvgIpc) is 3.05. The van der Waals surface area contributed by atoms with Gasteiger partial charge in [-0.1, -0.05) is 18.2 Å². The smallest absolute Gasteiger partial charge is 0.429 e. The van der Waals surface area contributed by atoms with Crippen molar-refractivity contribution in [3.8, 4) is 5.75 Å². The zero-order valence-electron chi connectivity index (χ0n) is 26.8. The Morgan fingerprint density at radius 3 is 2.08 bits per heavy atom. The van der Waals surface area contributed by atoms with Crippen LogP contribution < -0.4 is 20.3 Å². The first-order valence-electron chi connectivity index (χ1n) is 15.0. The molecule has 0 fully saturated rings. The monoisotopic (exact) mass is 696 g/mol. The number of halogens is 5. The Balaban J connectivity index is 1.30. The maximum atomic E-state index is 15.3. The summed E-state index contributed by atoms with van der Waals surface area (Å²) in [5, 5.41) is 4.94. The van der Waals surface area contributed by atoms with E-state index < -0.39 is 83.2 Å². The van der Waals surface area contributed by atoms with Crippen LogP contribution in [0.1, 0.15) is 52.5 Å². The highest BCUT2D eigenvalue weighted by Crippen LogP contribution is 2.38. The Kier molecular flexibility index (Phi) is 10.3. The number of carbonyl (C=O) groups is 4. The van der Waals surface area contributed by atoms with Crippen LogP contribution in [0.25, 0.3) is 0 Å². The second kappa shape index (κ2) is 14.6. The molecule has 0 saturated heterocycles. The fraction of sp³-hybridized carbons (Fsp3) is 0.200. The van der Waals surface area contributed by atoms with E-state index in [1.807, 2.05) is 0 Å². The van der Waals surface area contributed by atoms with Crippen LogP contribution in [0.4, 0.5) is 42.9 Å². The minimum Gasteiger partial charge on any atom is -0.429 e. The molecule has 2 N–H and O–H groups in total. The Morgan fingerprint density at radius 1 is 0.840 bits per heavy atom. The molecule has 1 atom stereocenters. The minimum atomic E-state index is -1.24. The van der Waals surface area contributed by atoms with Crippen molar-refractivity contribution < 1.29 is 50.6 Å². The lowest BCUT2D eigenvalue weighted by Crippen LogP contribution is -2.47. The predicted molar refractivity (Wildman–Crippen MR) is 170 cm³/mol. The molecule has 1 heterocycles. The van der Waals surface area contributed by atoms with E-state index in [9.17, 15) is 32.3 Å². The molecule has 4 aromatic carbocycles. The van der Waals surface area contributed by atoms with Crippen LogP contribution in [0.5, 0.6) is 5.75 Å². The molecule has 0 radical (unpaired) electrons. The average molecular weight is 697 g/mol. The lowest BCUT2D eigenvalue weighted by atomic mass is 9.98. The molecule has 15 heteroatoms. The van der Waals surface area contributed by atoms with Gasteiger partial charge in [-0.05, 0) is 42.3 Å². The molecule has 10 nitrogen and oxygen atoms in total. The number of fused-ring (bicyclic) bond motifs is 1. The molecule has 260 valence electrons. The maximum Gasteiger partial charge on any atom is 0.514 e. The number of rotatable bonds is 9. The Morgan fingerprint density at radius 2 is 1.46 bits per heavy atom. The van der Waals surface area contributed by atoms with Crippen molar-refractivity contribution in [2.75, 3.05) is 17.3 Å². The summed E-state index contributed by atoms with van der Waals surface area (Å²) in [5.41, 5.74) is 0.618. The van der Waals surface area contributed by atoms with Crippen molar-refractivity contribution in [1.82, 2.24) is 10.2 Å². The van der Waals surface area contributed by atoms with E-state index in [2.05, 4.69) is 10.6 Å². The third kappa shape index (κ3) is 7.83. The standard InChI is InChI=1S/C35H29F5N4O6/c1-18-25-9-6-21(33(46)41-15-26-28(37)11-22(36)12-29(26)38)10-32(25)44(34(47)43(18)3)16-27-30(39)13-24(14-31(27)40)50-35(48)49-17-20-4-7-23(8-5-20)42-19(2)45/h4-14,18H,15-17H2,1-3H3,(H,41,46)(H,42,45). The van der Waals surface area contributed by atoms with Crippen LogP contribution in [0, 0.1) is 29.1 Å². The van der Waals surface area contributed by atoms with E-state index in [4.69, 9.17) is 9.47 Å². The first-order chi connectivity index (χ1) is 23.7. The summed E-state index contributed by atoms with van der Waals surface area (Å²) in [6.07, 6.45) is -1.24. The van der Waals surface area contributed by atoms with Gasteiger partial charge in [0.25, 0.3) is 5.91 Å². The number of anilines is 2. The maximum absolute atomic E-state index is 15.3. The van der Waals surface area contributed by atoms with Crippen LogP contribution >= 0.6 is 0 Å². The fourth-order valence-electron chi connectivity index (χ4n) is 5.21. The highest BCUT2D eigenvalue weighted by molar-refractivity contribution is 6.00. The van der Waals surface area contributed by atoms with Crippen LogP contribution in [-0.2, 0) is 29.2 Å². The third-order valence-electron chi connectivity index (χ3n) is 7.94. The lowest BCUT2D eigenvalue weighted by Gasteiger charge is -2.39. The second-order valence-corrected chi connectivity index (χ2v) is 11.3. The summed E-state index contributed by atoms with van der Waals surface area (Å²) in [6, 6.07) is 11.9. The quantitative estimate of drug-likeness (QED) is 0.109. The number of nitrogens with one attached hydrogen (secondary N) is 2. The summed E-state index contributed by atoms with van der Waals surface area (Å²) < 4.78 is 82.0. The van der Waals surface area contributed by atoms with Gasteiger partial charge < -0.3 is 25.0 Å². The number of urea groups is 1. The van der Waals surface area contributed by atoms with E-state index in [0.717, 1.165) is 17.0 Å². The van der Waals surface area contributed by atoms with Crippen molar-refractivity contribution in [2.45, 2.75) is 39.6 Å². The zero-order valence-corrected chi connectivity index (χ0v) is 26.8. The molecule has 0 spiro atoms. The van der Waals surface area contributed by atoms with E-state index >= 15 is 8.78 Å². The first-order valence-corrected chi connectivity index (χ1v) is 15.0. The number of amides is 4. The van der Waals surface area contributed by atoms with E-state index in [1.54, 1.807) is 31.2 Å². The van der Waals surface area contributed by atoms with Gasteiger partial charge in [0.15, 0.2) is 0 Å². The number of nitrogens with zero attached hydrogens (tertiary/aromatic N) is 2. The summed E-state index contributed by atoms with van der Waals surface area (Å²) in [4.78, 5) is 52.1. The summed E-state index contributed by atoms with van der Waals surface area (Å²) in [7, 11) is 1.49. The number of ether oxygens (including phenoxy) is 2. The number of benzene rings is 4. The number of carbonyl (C=O) groups excluding carboxylic acids is 4. The van der Waals surface area contributed by atoms with Gasteiger partial charge in [0, 0.05) is 67.2 Å². The zero-order chi connectivity index (χ0) is 36.3. The summed E-state index contributed by atoms with van der Waals surface area (Å²) in [5.74, 6) is -7.33. The topological polar surface area (TPSA) is 117 Å². The summed E-state index contributed by atoms with van der Waals surface area (Å²) >= 11 is 0. The minimum absolute atomic E-state index is 0.0342. The summed E-state index contributed by atoms with van der Waals surface area (Å²) in [6.45, 7) is 1.59. The molecule has 0 saturated carbocycles. The van der Waals surface area contributed by atoms with Gasteiger partial charge in [0.05, 0.1) is 18.3 Å². The molecule has 50 heavy (non-hydrogen) atoms. The van der Waals surface area contributed by atoms with Gasteiger partial charge in [0.2, 0.25) is 5.91 Å². The molecule has 0 aromatic heterocycles. The normalized spacial score (nSPS) is 13.8. The van der Waals surface area contributed by atoms with E-state index in [0.29, 0.717) is 28.9 Å². The van der Waals surface area contributed by atoms with Crippen LogP contribution in [-0.4, -0.2) is 35.9 Å². The molecule has 1 aliphatic heterocycles. The fourth-order valence-corrected chi connectivity index (χ4v) is 5.21. The lowest BCUT2D eigenvalue weighted by molar-refractivity contribution is -0.114. The molecule has 4 amide bonds. The van der Waals surface area contributed by atoms with Crippen molar-refractivity contribution in [3.63, 3.8) is 0 Å². The largest absolute Gasteiger partial charge is 0.514 e. The molecule has 0 bridgehead atoms. The molecule has 5 rings (SSSR count). The van der Waals surface area contributed by atoms with Gasteiger partial charge in [0.1, 0.15) is 41.4 Å². The first kappa shape index (κ1) is 35.3. The van der Waals surface area contributed by atoms with Crippen molar-refractivity contribution >= 4 is 35.4 Å². The highest BCUT2D eigenvalue weighted by Gasteiger charge is 2.35. The number of hydrogen-bond acceptors (Lipinski definition) is 6. The van der Waals surface area contributed by atoms with Crippen LogP contribution in [0.3, 0.4) is 0 Å². The molecular weight excluding hydrogens is 667 g/mol. The van der Waals surface area contributed by atoms with Gasteiger partial charge in [-0.25, -0.2) is 31.5 Å². The SMILES string of the molecule is CC(=O)Nc1ccc(COC(=O)Oc2cc(F)c(CN3C(=O)N(C)C(C)c4ccc(C(=O)NCc5c(F)cc(F)cc5F)cc43)c(F)c2)cc1. The van der Waals surface area contributed by atoms with Crippen molar-refractivity contribution in [3.05, 3.63) is 124 Å². The molecule has 1 unspecified atom stereocenters. The molecular formula is C35H29F5N4O6. The van der Waals surface area contributed by atoms with Gasteiger partial charge in [-0.3, -0.25) is 14.5 Å². The van der Waals surface area contributed by atoms with Crippen molar-refractivity contribution in [2.24, 2.45) is 0 Å². The van der Waals surface area contributed by atoms with Gasteiger partial charge >= 0.3 is 12.2 Å². The third-order valence-corrected chi connectivity index (χ3v) is 7.94. The highest BCUT2D eigenvalue weighted by atomic mass is 19.2. The van der Waals surface area contributed by atoms with Crippen LogP contribution in [0.2, 0.25) is 0 Å². The van der Waals surface area contributed by atoms with Gasteiger partial charge in [-0.2, -0.15) is 0 Å². The molecule has 0 aliphatic carbocycles. The van der Waals surface area contributed by atoms with E-state index in [1.165, 1.54) is 37.1 Å². The Bertz CT molecular complexity index is 1950. The van der Waals surface area contributed by atoms with Crippen LogP contribution in [0.15, 0.2) is 66.7 Å². The number of hydrogen-bond donors (Lipinski definition) is 2. The van der Waals surface area contributed by atoms with E-state index in [-0.39, 0.29) is 23.8 Å². The molecule has 1 aliphatic rings. The van der Waals surface area contributed by atoms with Crippen molar-refractivity contribution in [1.29, 1.82) is 0 Å². The Hall–Kier alpha value is -5.99. The molecule has 4 aromatic rings.